The molecule has 1 atom stereocenters. The predicted molar refractivity (Wildman–Crippen MR) is 36.1 cm³/mol. The molecule has 0 spiro atoms. The van der Waals surface area contributed by atoms with Gasteiger partial charge in [0.25, 0.3) is 0 Å². The molecule has 13 heavy (non-hydrogen) atoms. The number of ether oxygens (including phenoxy) is 1. The van der Waals surface area contributed by atoms with E-state index in [9.17, 15) is 26.3 Å². The van der Waals surface area contributed by atoms with Crippen LogP contribution >= 0.6 is 24.0 Å². The van der Waals surface area contributed by atoms with E-state index >= 15 is 0 Å². The van der Waals surface area contributed by atoms with Crippen molar-refractivity contribution >= 4 is 28.4 Å². The predicted octanol–water partition coefficient (Wildman–Crippen LogP) is 2.86. The third kappa shape index (κ3) is 1.47. The van der Waals surface area contributed by atoms with Gasteiger partial charge in [-0.3, -0.25) is 0 Å². The van der Waals surface area contributed by atoms with Crippen molar-refractivity contribution in [2.45, 2.75) is 17.3 Å². The highest BCUT2D eigenvalue weighted by Crippen LogP contribution is 2.58. The third-order valence-corrected chi connectivity index (χ3v) is 2.51. The van der Waals surface area contributed by atoms with Gasteiger partial charge in [-0.05, 0) is 24.0 Å². The van der Waals surface area contributed by atoms with Crippen LogP contribution in [0.15, 0.2) is 0 Å². The van der Waals surface area contributed by atoms with Gasteiger partial charge in [0.05, 0.1) is 0 Å². The normalized spacial score (nSPS) is 33.2. The van der Waals surface area contributed by atoms with Gasteiger partial charge in [0.15, 0.2) is 0 Å². The highest BCUT2D eigenvalue weighted by atomic mass is 32.2. The summed E-state index contributed by atoms with van der Waals surface area (Å²) in [4.78, 5) is 0. The quantitative estimate of drug-likeness (QED) is 0.477. The molecular formula is C4F6OS2. The maximum absolute atomic E-state index is 12.7. The van der Waals surface area contributed by atoms with Crippen LogP contribution in [-0.4, -0.2) is 21.7 Å². The Morgan fingerprint density at radius 3 is 1.85 bits per heavy atom. The van der Waals surface area contributed by atoms with Gasteiger partial charge in [-0.15, -0.1) is 0 Å². The Hall–Kier alpha value is -0.180. The maximum atomic E-state index is 12.7. The molecule has 1 rings (SSSR count). The lowest BCUT2D eigenvalue weighted by Crippen LogP contribution is -2.49. The van der Waals surface area contributed by atoms with E-state index in [-0.39, 0.29) is 0 Å². The van der Waals surface area contributed by atoms with Crippen LogP contribution in [-0.2, 0) is 4.74 Å². The average Bonchev–Trinajstić information content (AvgIpc) is 2.00. The van der Waals surface area contributed by atoms with Crippen LogP contribution in [0.5, 0.6) is 0 Å². The van der Waals surface area contributed by atoms with E-state index in [0.717, 1.165) is 0 Å². The summed E-state index contributed by atoms with van der Waals surface area (Å²) in [5.74, 6) is 0. The molecule has 0 saturated carbocycles. The van der Waals surface area contributed by atoms with E-state index in [0.29, 0.717) is 0 Å². The van der Waals surface area contributed by atoms with Gasteiger partial charge in [-0.25, -0.2) is 4.39 Å². The number of halogens is 6. The Morgan fingerprint density at radius 1 is 1.23 bits per heavy atom. The van der Waals surface area contributed by atoms with Crippen molar-refractivity contribution in [1.29, 1.82) is 0 Å². The van der Waals surface area contributed by atoms with Crippen molar-refractivity contribution in [2.24, 2.45) is 0 Å². The van der Waals surface area contributed by atoms with Gasteiger partial charge in [0.2, 0.25) is 4.38 Å². The zero-order chi connectivity index (χ0) is 10.5. The van der Waals surface area contributed by atoms with Crippen molar-refractivity contribution in [3.8, 4) is 0 Å². The highest BCUT2D eigenvalue weighted by molar-refractivity contribution is 8.23. The molecule has 1 saturated heterocycles. The van der Waals surface area contributed by atoms with Crippen LogP contribution < -0.4 is 0 Å². The first-order chi connectivity index (χ1) is 5.60. The van der Waals surface area contributed by atoms with Gasteiger partial charge < -0.3 is 4.74 Å². The van der Waals surface area contributed by atoms with Gasteiger partial charge in [0.1, 0.15) is 0 Å². The molecule has 1 fully saturated rings. The largest absolute Gasteiger partial charge is 0.454 e. The second-order valence-electron chi connectivity index (χ2n) is 2.06. The first-order valence-corrected chi connectivity index (χ1v) is 3.88. The van der Waals surface area contributed by atoms with Crippen LogP contribution in [0.2, 0.25) is 0 Å². The lowest BCUT2D eigenvalue weighted by molar-refractivity contribution is -0.317. The molecule has 0 aromatic heterocycles. The van der Waals surface area contributed by atoms with Gasteiger partial charge in [0, 0.05) is 0 Å². The van der Waals surface area contributed by atoms with Crippen molar-refractivity contribution < 1.29 is 31.1 Å². The zero-order valence-electron chi connectivity index (χ0n) is 5.49. The first kappa shape index (κ1) is 10.9. The summed E-state index contributed by atoms with van der Waals surface area (Å²) in [7, 11) is 0. The number of thiocarbonyl (C=S) groups is 1. The molecule has 1 aliphatic heterocycles. The third-order valence-electron chi connectivity index (χ3n) is 1.17. The SMILES string of the molecule is FC(F)(F)C1(F)SC(=S)OC1(F)F. The topological polar surface area (TPSA) is 9.23 Å². The van der Waals surface area contributed by atoms with Crippen molar-refractivity contribution in [3.63, 3.8) is 0 Å². The van der Waals surface area contributed by atoms with Crippen molar-refractivity contribution in [1.82, 2.24) is 0 Å². The molecular weight excluding hydrogens is 242 g/mol. The minimum absolute atomic E-state index is 0.851. The maximum Gasteiger partial charge on any atom is 0.454 e. The zero-order valence-corrected chi connectivity index (χ0v) is 7.13. The van der Waals surface area contributed by atoms with Crippen LogP contribution in [0, 0.1) is 0 Å². The molecule has 0 aliphatic carbocycles. The minimum Gasteiger partial charge on any atom is -0.412 e. The highest BCUT2D eigenvalue weighted by Gasteiger charge is 2.78. The van der Waals surface area contributed by atoms with E-state index < -0.39 is 33.4 Å². The number of hydrogen-bond acceptors (Lipinski definition) is 3. The molecule has 9 heteroatoms. The first-order valence-electron chi connectivity index (χ1n) is 2.65. The van der Waals surface area contributed by atoms with E-state index in [2.05, 4.69) is 17.0 Å². The monoisotopic (exact) mass is 242 g/mol. The minimum atomic E-state index is -5.73. The van der Waals surface area contributed by atoms with E-state index in [4.69, 9.17) is 0 Å². The molecule has 1 heterocycles. The second kappa shape index (κ2) is 2.66. The van der Waals surface area contributed by atoms with Gasteiger partial charge >= 0.3 is 17.3 Å². The summed E-state index contributed by atoms with van der Waals surface area (Å²) in [5, 5.41) is -4.78. The van der Waals surface area contributed by atoms with Gasteiger partial charge in [-0.1, -0.05) is 0 Å². The van der Waals surface area contributed by atoms with Crippen LogP contribution in [0.3, 0.4) is 0 Å². The molecule has 0 amide bonds. The van der Waals surface area contributed by atoms with E-state index in [1.807, 2.05) is 0 Å². The lowest BCUT2D eigenvalue weighted by Gasteiger charge is -2.24. The molecule has 1 nitrogen and oxygen atoms in total. The molecule has 1 unspecified atom stereocenters. The van der Waals surface area contributed by atoms with Gasteiger partial charge in [-0.2, -0.15) is 22.0 Å². The Balaban J connectivity index is 3.10. The lowest BCUT2D eigenvalue weighted by atomic mass is 10.3. The molecule has 0 aromatic carbocycles. The molecule has 0 aromatic rings. The number of hydrogen-bond donors (Lipinski definition) is 0. The summed E-state index contributed by atoms with van der Waals surface area (Å²) in [6.45, 7) is 0. The average molecular weight is 242 g/mol. The van der Waals surface area contributed by atoms with E-state index in [1.165, 1.54) is 0 Å². The van der Waals surface area contributed by atoms with E-state index in [1.54, 1.807) is 0 Å². The summed E-state index contributed by atoms with van der Waals surface area (Å²) in [5.41, 5.74) is 0. The molecule has 0 radical (unpaired) electrons. The molecule has 0 bridgehead atoms. The van der Waals surface area contributed by atoms with Crippen LogP contribution in [0.1, 0.15) is 0 Å². The number of thioether (sulfide) groups is 1. The molecule has 1 aliphatic rings. The fourth-order valence-electron chi connectivity index (χ4n) is 0.588. The molecule has 0 N–H and O–H groups in total. The number of rotatable bonds is 0. The smallest absolute Gasteiger partial charge is 0.412 e. The van der Waals surface area contributed by atoms with Crippen LogP contribution in [0.4, 0.5) is 26.3 Å². The fourth-order valence-corrected chi connectivity index (χ4v) is 1.69. The summed E-state index contributed by atoms with van der Waals surface area (Å²) in [6.07, 6.45) is -10.7. The van der Waals surface area contributed by atoms with Crippen molar-refractivity contribution in [3.05, 3.63) is 0 Å². The fraction of sp³-hybridized carbons (Fsp3) is 0.750. The second-order valence-corrected chi connectivity index (χ2v) is 3.83. The summed E-state index contributed by atoms with van der Waals surface area (Å²) >= 11 is 3.06. The Bertz CT molecular complexity index is 250. The summed E-state index contributed by atoms with van der Waals surface area (Å²) in [6, 6.07) is 0. The number of alkyl halides is 6. The standard InChI is InChI=1S/C4F6OS2/c5-2(3(6,7)8)4(9,10)11-1(12)13-2. The Morgan fingerprint density at radius 2 is 1.69 bits per heavy atom. The van der Waals surface area contributed by atoms with Crippen molar-refractivity contribution in [2.75, 3.05) is 0 Å². The molecule has 76 valence electrons. The summed E-state index contributed by atoms with van der Waals surface area (Å²) < 4.78 is 74.8. The Kier molecular flexibility index (Phi) is 2.23. The van der Waals surface area contributed by atoms with Crippen LogP contribution in [0.25, 0.3) is 0 Å². The Labute approximate surface area is 77.4 Å².